The van der Waals surface area contributed by atoms with Gasteiger partial charge in [-0.05, 0) is 38.0 Å². The highest BCUT2D eigenvalue weighted by molar-refractivity contribution is 14.0. The average molecular weight is 561 g/mol. The van der Waals surface area contributed by atoms with Gasteiger partial charge in [0.25, 0.3) is 0 Å². The molecule has 7 nitrogen and oxygen atoms in total. The van der Waals surface area contributed by atoms with Gasteiger partial charge < -0.3 is 15.4 Å². The van der Waals surface area contributed by atoms with Crippen molar-refractivity contribution in [3.05, 3.63) is 65.2 Å². The largest absolute Gasteiger partial charge is 0.494 e. The summed E-state index contributed by atoms with van der Waals surface area (Å²) in [6, 6.07) is 15.2. The fourth-order valence-electron chi connectivity index (χ4n) is 3.00. The molecule has 0 amide bonds. The number of sulfonamides is 1. The lowest BCUT2D eigenvalue weighted by molar-refractivity contribution is 0.336. The van der Waals surface area contributed by atoms with Crippen LogP contribution in [0.2, 0.25) is 0 Å². The van der Waals surface area contributed by atoms with E-state index >= 15 is 0 Å². The standard InChI is InChI=1S/C22H32N4O3S.HI/c1-5-29-21-13-9-8-11-19(21)15-25-22(23-4)24-14-18-10-6-7-12-20(18)16-30(27,28)26-17(2)3;/h6-13,17,26H,5,14-16H2,1-4H3,(H2,23,24,25);1H. The van der Waals surface area contributed by atoms with Gasteiger partial charge in [0.05, 0.1) is 12.4 Å². The Labute approximate surface area is 203 Å². The topological polar surface area (TPSA) is 91.8 Å². The Morgan fingerprint density at radius 2 is 1.52 bits per heavy atom. The molecule has 9 heteroatoms. The molecule has 0 fully saturated rings. The summed E-state index contributed by atoms with van der Waals surface area (Å²) in [7, 11) is -1.69. The van der Waals surface area contributed by atoms with Gasteiger partial charge >= 0.3 is 0 Å². The molecule has 2 aromatic rings. The number of rotatable bonds is 10. The Morgan fingerprint density at radius 1 is 0.968 bits per heavy atom. The summed E-state index contributed by atoms with van der Waals surface area (Å²) >= 11 is 0. The first-order chi connectivity index (χ1) is 14.3. The molecular formula is C22H33IN4O3S. The molecule has 3 N–H and O–H groups in total. The number of hydrogen-bond donors (Lipinski definition) is 3. The van der Waals surface area contributed by atoms with Crippen molar-refractivity contribution in [3.63, 3.8) is 0 Å². The van der Waals surface area contributed by atoms with Crippen LogP contribution in [0.25, 0.3) is 0 Å². The van der Waals surface area contributed by atoms with E-state index in [1.807, 2.05) is 69.3 Å². The second-order valence-electron chi connectivity index (χ2n) is 7.12. The van der Waals surface area contributed by atoms with Crippen LogP contribution in [-0.4, -0.2) is 34.1 Å². The van der Waals surface area contributed by atoms with Crippen LogP contribution in [0.4, 0.5) is 0 Å². The van der Waals surface area contributed by atoms with Crippen molar-refractivity contribution in [2.45, 2.75) is 45.7 Å². The van der Waals surface area contributed by atoms with Gasteiger partial charge in [-0.2, -0.15) is 0 Å². The number of nitrogens with zero attached hydrogens (tertiary/aromatic N) is 1. The zero-order valence-corrected chi connectivity index (χ0v) is 21.7. The van der Waals surface area contributed by atoms with Crippen molar-refractivity contribution >= 4 is 40.0 Å². The predicted molar refractivity (Wildman–Crippen MR) is 137 cm³/mol. The number of aliphatic imine (C=N–C) groups is 1. The quantitative estimate of drug-likeness (QED) is 0.236. The summed E-state index contributed by atoms with van der Waals surface area (Å²) in [4.78, 5) is 4.26. The molecular weight excluding hydrogens is 527 g/mol. The maximum absolute atomic E-state index is 12.3. The molecule has 0 unspecified atom stereocenters. The number of benzene rings is 2. The third-order valence-corrected chi connectivity index (χ3v) is 5.79. The Morgan fingerprint density at radius 3 is 2.10 bits per heavy atom. The highest BCUT2D eigenvalue weighted by Gasteiger charge is 2.15. The lowest BCUT2D eigenvalue weighted by atomic mass is 10.1. The Balaban J connectivity index is 0.00000480. The van der Waals surface area contributed by atoms with Crippen LogP contribution < -0.4 is 20.1 Å². The highest BCUT2D eigenvalue weighted by Crippen LogP contribution is 2.17. The SMILES string of the molecule is CCOc1ccccc1CNC(=NC)NCc1ccccc1CS(=O)(=O)NC(C)C.I. The van der Waals surface area contributed by atoms with Crippen molar-refractivity contribution in [3.8, 4) is 5.75 Å². The number of guanidine groups is 1. The van der Waals surface area contributed by atoms with E-state index in [9.17, 15) is 8.42 Å². The third kappa shape index (κ3) is 9.44. The molecule has 2 aromatic carbocycles. The van der Waals surface area contributed by atoms with Crippen molar-refractivity contribution in [2.24, 2.45) is 4.99 Å². The predicted octanol–water partition coefficient (Wildman–Crippen LogP) is 3.40. The minimum absolute atomic E-state index is 0. The Hall–Kier alpha value is -1.85. The molecule has 0 saturated heterocycles. The molecule has 0 aliphatic carbocycles. The van der Waals surface area contributed by atoms with Crippen molar-refractivity contribution < 1.29 is 13.2 Å². The minimum Gasteiger partial charge on any atom is -0.494 e. The molecule has 0 aliphatic heterocycles. The molecule has 0 spiro atoms. The van der Waals surface area contributed by atoms with Gasteiger partial charge in [0.1, 0.15) is 5.75 Å². The van der Waals surface area contributed by atoms with E-state index in [1.54, 1.807) is 7.05 Å². The Bertz CT molecular complexity index is 949. The average Bonchev–Trinajstić information content (AvgIpc) is 2.69. The molecule has 0 heterocycles. The maximum Gasteiger partial charge on any atom is 0.216 e. The first-order valence-corrected chi connectivity index (χ1v) is 11.7. The summed E-state index contributed by atoms with van der Waals surface area (Å²) < 4.78 is 32.9. The number of para-hydroxylation sites is 1. The van der Waals surface area contributed by atoms with Crippen LogP contribution in [0, 0.1) is 0 Å². The van der Waals surface area contributed by atoms with E-state index in [0.29, 0.717) is 25.7 Å². The first-order valence-electron chi connectivity index (χ1n) is 10.1. The molecule has 0 radical (unpaired) electrons. The van der Waals surface area contributed by atoms with E-state index in [2.05, 4.69) is 20.3 Å². The summed E-state index contributed by atoms with van der Waals surface area (Å²) in [6.45, 7) is 7.20. The van der Waals surface area contributed by atoms with E-state index in [0.717, 1.165) is 22.4 Å². The molecule has 2 rings (SSSR count). The number of hydrogen-bond acceptors (Lipinski definition) is 4. The van der Waals surface area contributed by atoms with Crippen LogP contribution in [0.1, 0.15) is 37.5 Å². The highest BCUT2D eigenvalue weighted by atomic mass is 127. The number of nitrogens with one attached hydrogen (secondary N) is 3. The van der Waals surface area contributed by atoms with E-state index in [4.69, 9.17) is 4.74 Å². The van der Waals surface area contributed by atoms with Crippen molar-refractivity contribution in [1.82, 2.24) is 15.4 Å². The third-order valence-electron chi connectivity index (χ3n) is 4.27. The second kappa shape index (κ2) is 13.5. The second-order valence-corrected chi connectivity index (χ2v) is 8.87. The Kier molecular flexibility index (Phi) is 11.9. The van der Waals surface area contributed by atoms with Crippen LogP contribution in [-0.2, 0) is 28.9 Å². The summed E-state index contributed by atoms with van der Waals surface area (Å²) in [5.41, 5.74) is 2.70. The van der Waals surface area contributed by atoms with Crippen LogP contribution in [0.15, 0.2) is 53.5 Å². The van der Waals surface area contributed by atoms with Gasteiger partial charge in [-0.1, -0.05) is 42.5 Å². The molecule has 31 heavy (non-hydrogen) atoms. The number of ether oxygens (including phenoxy) is 1. The zero-order chi connectivity index (χ0) is 22.0. The molecule has 0 atom stereocenters. The monoisotopic (exact) mass is 560 g/mol. The van der Waals surface area contributed by atoms with Gasteiger partial charge in [-0.3, -0.25) is 4.99 Å². The fourth-order valence-corrected chi connectivity index (χ4v) is 4.49. The fraction of sp³-hybridized carbons (Fsp3) is 0.409. The van der Waals surface area contributed by atoms with Crippen molar-refractivity contribution in [2.75, 3.05) is 13.7 Å². The zero-order valence-electron chi connectivity index (χ0n) is 18.5. The van der Waals surface area contributed by atoms with E-state index in [-0.39, 0.29) is 35.8 Å². The molecule has 0 aliphatic rings. The van der Waals surface area contributed by atoms with Crippen LogP contribution in [0.3, 0.4) is 0 Å². The summed E-state index contributed by atoms with van der Waals surface area (Å²) in [6.07, 6.45) is 0. The van der Waals surface area contributed by atoms with Crippen molar-refractivity contribution in [1.29, 1.82) is 0 Å². The summed E-state index contributed by atoms with van der Waals surface area (Å²) in [5.74, 6) is 1.41. The van der Waals surface area contributed by atoms with Crippen LogP contribution >= 0.6 is 24.0 Å². The molecule has 0 aromatic heterocycles. The van der Waals surface area contributed by atoms with Gasteiger partial charge in [-0.25, -0.2) is 13.1 Å². The maximum atomic E-state index is 12.3. The normalized spacial score (nSPS) is 11.7. The number of halogens is 1. The van der Waals surface area contributed by atoms with Gasteiger partial charge in [0, 0.05) is 31.7 Å². The van der Waals surface area contributed by atoms with E-state index in [1.165, 1.54) is 0 Å². The summed E-state index contributed by atoms with van der Waals surface area (Å²) in [5, 5.41) is 6.53. The molecule has 172 valence electrons. The molecule has 0 saturated carbocycles. The smallest absolute Gasteiger partial charge is 0.216 e. The van der Waals surface area contributed by atoms with Gasteiger partial charge in [0.15, 0.2) is 5.96 Å². The van der Waals surface area contributed by atoms with E-state index < -0.39 is 10.0 Å². The van der Waals surface area contributed by atoms with Gasteiger partial charge in [0.2, 0.25) is 10.0 Å². The molecule has 0 bridgehead atoms. The lowest BCUT2D eigenvalue weighted by Crippen LogP contribution is -2.37. The van der Waals surface area contributed by atoms with Gasteiger partial charge in [-0.15, -0.1) is 24.0 Å². The first kappa shape index (κ1) is 27.2. The van der Waals surface area contributed by atoms with Crippen LogP contribution in [0.5, 0.6) is 5.75 Å². The minimum atomic E-state index is -3.39. The lowest BCUT2D eigenvalue weighted by Gasteiger charge is -2.16.